The largest absolute Gasteiger partial charge is 0.507 e. The van der Waals surface area contributed by atoms with Crippen LogP contribution in [0.2, 0.25) is 0 Å². The fraction of sp³-hybridized carbons (Fsp3) is 0.111. The minimum Gasteiger partial charge on any atom is -0.507 e. The van der Waals surface area contributed by atoms with Crippen molar-refractivity contribution >= 4 is 11.9 Å². The summed E-state index contributed by atoms with van der Waals surface area (Å²) >= 11 is 0. The zero-order chi connectivity index (χ0) is 11.7. The lowest BCUT2D eigenvalue weighted by molar-refractivity contribution is 0.0692. The summed E-state index contributed by atoms with van der Waals surface area (Å²) in [4.78, 5) is 21.4. The van der Waals surface area contributed by atoms with Gasteiger partial charge in [-0.05, 0) is 12.5 Å². The third-order valence-corrected chi connectivity index (χ3v) is 1.96. The van der Waals surface area contributed by atoms with Crippen molar-refractivity contribution in [1.82, 2.24) is 0 Å². The van der Waals surface area contributed by atoms with Gasteiger partial charge in [0.15, 0.2) is 0 Å². The number of hydrogen-bond donors (Lipinski definition) is 4. The van der Waals surface area contributed by atoms with Crippen molar-refractivity contribution in [3.05, 3.63) is 22.8 Å². The van der Waals surface area contributed by atoms with Crippen LogP contribution < -0.4 is 0 Å². The van der Waals surface area contributed by atoms with Crippen molar-refractivity contribution in [2.24, 2.45) is 0 Å². The average Bonchev–Trinajstić information content (AvgIpc) is 1.99. The smallest absolute Gasteiger partial charge is 0.339 e. The highest BCUT2D eigenvalue weighted by Crippen LogP contribution is 2.31. The third-order valence-electron chi connectivity index (χ3n) is 1.96. The summed E-state index contributed by atoms with van der Waals surface area (Å²) in [5.74, 6) is -4.23. The van der Waals surface area contributed by atoms with Gasteiger partial charge in [0, 0.05) is 6.07 Å². The van der Waals surface area contributed by atoms with E-state index in [9.17, 15) is 19.8 Å². The SMILES string of the molecule is Cc1c(C(=O)O)c(O)cc(O)c1C(=O)O. The van der Waals surface area contributed by atoms with Gasteiger partial charge in [-0.15, -0.1) is 0 Å². The molecule has 0 aliphatic carbocycles. The van der Waals surface area contributed by atoms with Crippen LogP contribution >= 0.6 is 0 Å². The first-order valence-corrected chi connectivity index (χ1v) is 3.88. The van der Waals surface area contributed by atoms with Gasteiger partial charge in [-0.2, -0.15) is 0 Å². The van der Waals surface area contributed by atoms with Gasteiger partial charge in [0.05, 0.1) is 0 Å². The van der Waals surface area contributed by atoms with Crippen molar-refractivity contribution in [2.45, 2.75) is 6.92 Å². The second-order valence-corrected chi connectivity index (χ2v) is 2.90. The summed E-state index contributed by atoms with van der Waals surface area (Å²) in [7, 11) is 0. The summed E-state index contributed by atoms with van der Waals surface area (Å²) in [5, 5.41) is 35.8. The van der Waals surface area contributed by atoms with Gasteiger partial charge in [0.2, 0.25) is 0 Å². The standard InChI is InChI=1S/C9H8O6/c1-3-6(8(12)13)4(10)2-5(11)7(3)9(14)15/h2,10-11H,1H3,(H,12,13)(H,14,15). The lowest BCUT2D eigenvalue weighted by atomic mass is 10.0. The third kappa shape index (κ3) is 1.69. The lowest BCUT2D eigenvalue weighted by Crippen LogP contribution is -2.07. The van der Waals surface area contributed by atoms with Crippen LogP contribution in [-0.2, 0) is 0 Å². The molecule has 4 N–H and O–H groups in total. The number of carboxylic acid groups (broad SMARTS) is 2. The van der Waals surface area contributed by atoms with Gasteiger partial charge in [-0.3, -0.25) is 0 Å². The van der Waals surface area contributed by atoms with Crippen molar-refractivity contribution in [3.8, 4) is 11.5 Å². The highest BCUT2D eigenvalue weighted by molar-refractivity contribution is 6.00. The van der Waals surface area contributed by atoms with Crippen LogP contribution in [0.5, 0.6) is 11.5 Å². The van der Waals surface area contributed by atoms with E-state index in [1.807, 2.05) is 0 Å². The van der Waals surface area contributed by atoms with E-state index < -0.39 is 34.6 Å². The summed E-state index contributed by atoms with van der Waals surface area (Å²) in [6, 6.07) is 0.694. The van der Waals surface area contributed by atoms with Gasteiger partial charge in [-0.1, -0.05) is 0 Å². The summed E-state index contributed by atoms with van der Waals surface area (Å²) in [6.45, 7) is 1.20. The van der Waals surface area contributed by atoms with Crippen LogP contribution in [0.25, 0.3) is 0 Å². The molecule has 0 bridgehead atoms. The number of phenols is 2. The molecule has 0 unspecified atom stereocenters. The highest BCUT2D eigenvalue weighted by atomic mass is 16.4. The minimum atomic E-state index is -1.45. The monoisotopic (exact) mass is 212 g/mol. The molecule has 1 aromatic rings. The zero-order valence-electron chi connectivity index (χ0n) is 7.68. The van der Waals surface area contributed by atoms with E-state index in [4.69, 9.17) is 10.2 Å². The van der Waals surface area contributed by atoms with Gasteiger partial charge in [0.25, 0.3) is 0 Å². The number of hydrogen-bond acceptors (Lipinski definition) is 4. The number of benzene rings is 1. The Kier molecular flexibility index (Phi) is 2.52. The zero-order valence-corrected chi connectivity index (χ0v) is 7.68. The summed E-state index contributed by atoms with van der Waals surface area (Å²) < 4.78 is 0. The number of aromatic hydroxyl groups is 2. The summed E-state index contributed by atoms with van der Waals surface area (Å²) in [6.07, 6.45) is 0. The van der Waals surface area contributed by atoms with Gasteiger partial charge >= 0.3 is 11.9 Å². The Morgan fingerprint density at radius 1 is 1.00 bits per heavy atom. The molecule has 15 heavy (non-hydrogen) atoms. The molecule has 6 heteroatoms. The highest BCUT2D eigenvalue weighted by Gasteiger charge is 2.23. The molecular weight excluding hydrogens is 204 g/mol. The Labute approximate surface area is 84.0 Å². The molecule has 0 radical (unpaired) electrons. The second kappa shape index (κ2) is 3.49. The topological polar surface area (TPSA) is 115 Å². The predicted octanol–water partition coefficient (Wildman–Crippen LogP) is 0.803. The first-order chi connectivity index (χ1) is 6.86. The van der Waals surface area contributed by atoms with Crippen LogP contribution in [0.15, 0.2) is 6.07 Å². The van der Waals surface area contributed by atoms with Crippen LogP contribution in [0.3, 0.4) is 0 Å². The van der Waals surface area contributed by atoms with E-state index in [1.54, 1.807) is 0 Å². The first-order valence-electron chi connectivity index (χ1n) is 3.88. The number of aromatic carboxylic acids is 2. The van der Waals surface area contributed by atoms with Crippen LogP contribution in [0.4, 0.5) is 0 Å². The fourth-order valence-electron chi connectivity index (χ4n) is 1.32. The number of rotatable bonds is 2. The van der Waals surface area contributed by atoms with Gasteiger partial charge in [0.1, 0.15) is 22.6 Å². The maximum absolute atomic E-state index is 10.7. The maximum atomic E-state index is 10.7. The molecule has 0 aliphatic rings. The second-order valence-electron chi connectivity index (χ2n) is 2.90. The number of carboxylic acids is 2. The van der Waals surface area contributed by atoms with Crippen LogP contribution in [0, 0.1) is 6.92 Å². The van der Waals surface area contributed by atoms with E-state index in [0.29, 0.717) is 6.07 Å². The molecule has 0 amide bonds. The van der Waals surface area contributed by atoms with Gasteiger partial charge in [-0.25, -0.2) is 9.59 Å². The quantitative estimate of drug-likeness (QED) is 0.576. The minimum absolute atomic E-state index is 0.187. The molecule has 0 saturated carbocycles. The normalized spacial score (nSPS) is 9.93. The molecule has 0 spiro atoms. The van der Waals surface area contributed by atoms with E-state index in [-0.39, 0.29) is 5.56 Å². The van der Waals surface area contributed by atoms with Crippen LogP contribution in [0.1, 0.15) is 26.3 Å². The average molecular weight is 212 g/mol. The van der Waals surface area contributed by atoms with E-state index in [1.165, 1.54) is 6.92 Å². The van der Waals surface area contributed by atoms with Crippen molar-refractivity contribution in [2.75, 3.05) is 0 Å². The van der Waals surface area contributed by atoms with Crippen molar-refractivity contribution < 1.29 is 30.0 Å². The molecule has 0 atom stereocenters. The van der Waals surface area contributed by atoms with E-state index >= 15 is 0 Å². The van der Waals surface area contributed by atoms with Crippen molar-refractivity contribution in [1.29, 1.82) is 0 Å². The fourth-order valence-corrected chi connectivity index (χ4v) is 1.32. The molecule has 80 valence electrons. The lowest BCUT2D eigenvalue weighted by Gasteiger charge is -2.08. The molecule has 0 fully saturated rings. The van der Waals surface area contributed by atoms with E-state index in [2.05, 4.69) is 0 Å². The molecule has 0 aromatic heterocycles. The maximum Gasteiger partial charge on any atom is 0.339 e. The Hall–Kier alpha value is -2.24. The Morgan fingerprint density at radius 2 is 1.33 bits per heavy atom. The molecule has 0 aliphatic heterocycles. The summed E-state index contributed by atoms with van der Waals surface area (Å²) in [5.41, 5.74) is -1.23. The Morgan fingerprint density at radius 3 is 1.60 bits per heavy atom. The molecule has 6 nitrogen and oxygen atoms in total. The van der Waals surface area contributed by atoms with Gasteiger partial charge < -0.3 is 20.4 Å². The Balaban J connectivity index is 3.64. The molecule has 1 rings (SSSR count). The predicted molar refractivity (Wildman–Crippen MR) is 48.4 cm³/mol. The molecular formula is C9H8O6. The first kappa shape index (κ1) is 10.8. The molecule has 1 aromatic carbocycles. The number of carbonyl (C=O) groups is 2. The van der Waals surface area contributed by atoms with E-state index in [0.717, 1.165) is 0 Å². The molecule has 0 heterocycles. The van der Waals surface area contributed by atoms with Crippen LogP contribution in [-0.4, -0.2) is 32.4 Å². The Bertz CT molecular complexity index is 410. The van der Waals surface area contributed by atoms with Crippen molar-refractivity contribution in [3.63, 3.8) is 0 Å². The molecule has 0 saturated heterocycles.